The largest absolute Gasteiger partial charge is 0.385 e. The molecule has 0 bridgehead atoms. The van der Waals surface area contributed by atoms with E-state index in [9.17, 15) is 0 Å². The minimum Gasteiger partial charge on any atom is -0.385 e. The van der Waals surface area contributed by atoms with Gasteiger partial charge in [-0.3, -0.25) is 0 Å². The Morgan fingerprint density at radius 1 is 1.58 bits per heavy atom. The topological polar surface area (TPSA) is 59.2 Å². The van der Waals surface area contributed by atoms with Crippen LogP contribution >= 0.6 is 0 Å². The summed E-state index contributed by atoms with van der Waals surface area (Å²) in [7, 11) is 0. The Bertz CT molecular complexity index is 233. The van der Waals surface area contributed by atoms with Gasteiger partial charge in [0, 0.05) is 6.42 Å². The van der Waals surface area contributed by atoms with E-state index < -0.39 is 6.10 Å². The van der Waals surface area contributed by atoms with Gasteiger partial charge in [-0.1, -0.05) is 18.5 Å². The number of unbranched alkanes of at least 4 members (excludes halogenated alkanes) is 1. The van der Waals surface area contributed by atoms with Crippen molar-refractivity contribution in [1.29, 1.82) is 0 Å². The van der Waals surface area contributed by atoms with Crippen molar-refractivity contribution in [3.63, 3.8) is 0 Å². The molecule has 0 aliphatic rings. The minimum atomic E-state index is -0.635. The maximum Gasteiger partial charge on any atom is 0.226 e. The predicted molar refractivity (Wildman–Crippen MR) is 43.5 cm³/mol. The van der Waals surface area contributed by atoms with Gasteiger partial charge >= 0.3 is 0 Å². The molecule has 0 saturated carbocycles. The summed E-state index contributed by atoms with van der Waals surface area (Å²) in [6, 6.07) is 0. The summed E-state index contributed by atoms with van der Waals surface area (Å²) < 4.78 is 4.91. The molecule has 0 spiro atoms. The van der Waals surface area contributed by atoms with Crippen LogP contribution in [0.1, 0.15) is 44.5 Å². The quantitative estimate of drug-likeness (QED) is 0.743. The van der Waals surface area contributed by atoms with Crippen LogP contribution in [0.25, 0.3) is 0 Å². The number of aliphatic hydroxyl groups excluding tert-OH is 1. The number of nitrogens with zero attached hydrogens (tertiary/aromatic N) is 2. The Balaban J connectivity index is 2.52. The van der Waals surface area contributed by atoms with Crippen molar-refractivity contribution in [2.24, 2.45) is 0 Å². The Labute approximate surface area is 71.6 Å². The fourth-order valence-electron chi connectivity index (χ4n) is 0.867. The molecule has 0 fully saturated rings. The molecule has 12 heavy (non-hydrogen) atoms. The molecule has 0 saturated heterocycles. The van der Waals surface area contributed by atoms with E-state index >= 15 is 0 Å². The predicted octanol–water partition coefficient (Wildman–Crippen LogP) is 1.47. The minimum absolute atomic E-state index is 0.376. The number of hydrogen-bond acceptors (Lipinski definition) is 4. The third-order valence-electron chi connectivity index (χ3n) is 1.60. The fourth-order valence-corrected chi connectivity index (χ4v) is 0.867. The van der Waals surface area contributed by atoms with Gasteiger partial charge in [0.1, 0.15) is 6.10 Å². The SMILES string of the molecule is CCCCc1nc(C(C)O)no1. The van der Waals surface area contributed by atoms with E-state index in [1.54, 1.807) is 6.92 Å². The summed E-state index contributed by atoms with van der Waals surface area (Å²) in [6.45, 7) is 3.72. The lowest BCUT2D eigenvalue weighted by molar-refractivity contribution is 0.184. The lowest BCUT2D eigenvalue weighted by atomic mass is 10.2. The monoisotopic (exact) mass is 170 g/mol. The molecule has 68 valence electrons. The molecule has 0 radical (unpaired) electrons. The van der Waals surface area contributed by atoms with Gasteiger partial charge in [-0.2, -0.15) is 4.98 Å². The molecule has 1 atom stereocenters. The van der Waals surface area contributed by atoms with Crippen molar-refractivity contribution >= 4 is 0 Å². The first-order valence-corrected chi connectivity index (χ1v) is 4.24. The highest BCUT2D eigenvalue weighted by Crippen LogP contribution is 2.08. The average molecular weight is 170 g/mol. The van der Waals surface area contributed by atoms with Crippen molar-refractivity contribution in [3.8, 4) is 0 Å². The van der Waals surface area contributed by atoms with E-state index in [0.29, 0.717) is 11.7 Å². The number of hydrogen-bond donors (Lipinski definition) is 1. The summed E-state index contributed by atoms with van der Waals surface area (Å²) in [4.78, 5) is 4.02. The first-order valence-electron chi connectivity index (χ1n) is 4.24. The van der Waals surface area contributed by atoms with Gasteiger partial charge in [-0.05, 0) is 13.3 Å². The molecule has 0 aromatic carbocycles. The number of rotatable bonds is 4. The van der Waals surface area contributed by atoms with E-state index in [-0.39, 0.29) is 0 Å². The Morgan fingerprint density at radius 2 is 2.33 bits per heavy atom. The highest BCUT2D eigenvalue weighted by molar-refractivity contribution is 4.88. The van der Waals surface area contributed by atoms with Crippen LogP contribution in [0.15, 0.2) is 4.52 Å². The van der Waals surface area contributed by atoms with E-state index in [1.807, 2.05) is 0 Å². The zero-order chi connectivity index (χ0) is 8.97. The van der Waals surface area contributed by atoms with Gasteiger partial charge in [0.25, 0.3) is 0 Å². The van der Waals surface area contributed by atoms with E-state index in [1.165, 1.54) is 0 Å². The third kappa shape index (κ3) is 2.30. The highest BCUT2D eigenvalue weighted by Gasteiger charge is 2.09. The Kier molecular flexibility index (Phi) is 3.22. The summed E-state index contributed by atoms with van der Waals surface area (Å²) in [6.07, 6.45) is 2.31. The average Bonchev–Trinajstić information content (AvgIpc) is 2.48. The van der Waals surface area contributed by atoms with E-state index in [0.717, 1.165) is 19.3 Å². The van der Waals surface area contributed by atoms with E-state index in [2.05, 4.69) is 17.1 Å². The Morgan fingerprint density at radius 3 is 2.83 bits per heavy atom. The molecule has 0 amide bonds. The third-order valence-corrected chi connectivity index (χ3v) is 1.60. The van der Waals surface area contributed by atoms with Crippen LogP contribution in [0.5, 0.6) is 0 Å². The zero-order valence-electron chi connectivity index (χ0n) is 7.45. The van der Waals surface area contributed by atoms with Crippen LogP contribution in [0.3, 0.4) is 0 Å². The maximum absolute atomic E-state index is 9.08. The highest BCUT2D eigenvalue weighted by atomic mass is 16.5. The smallest absolute Gasteiger partial charge is 0.226 e. The Hall–Kier alpha value is -0.900. The van der Waals surface area contributed by atoms with Crippen LogP contribution in [-0.2, 0) is 6.42 Å². The molecule has 1 rings (SSSR count). The summed E-state index contributed by atoms with van der Waals surface area (Å²) in [5, 5.41) is 12.7. The van der Waals surface area contributed by atoms with Crippen molar-refractivity contribution in [3.05, 3.63) is 11.7 Å². The van der Waals surface area contributed by atoms with Crippen molar-refractivity contribution < 1.29 is 9.63 Å². The van der Waals surface area contributed by atoms with Crippen LogP contribution in [0, 0.1) is 0 Å². The molecule has 1 aromatic heterocycles. The van der Waals surface area contributed by atoms with Gasteiger partial charge in [-0.25, -0.2) is 0 Å². The second-order valence-electron chi connectivity index (χ2n) is 2.83. The standard InChI is InChI=1S/C8H14N2O2/c1-3-4-5-7-9-8(6(2)11)10-12-7/h6,11H,3-5H2,1-2H3. The normalized spacial score (nSPS) is 13.2. The van der Waals surface area contributed by atoms with Gasteiger partial charge in [-0.15, -0.1) is 0 Å². The first kappa shape index (κ1) is 9.19. The van der Waals surface area contributed by atoms with Crippen LogP contribution in [0.2, 0.25) is 0 Å². The fraction of sp³-hybridized carbons (Fsp3) is 0.750. The van der Waals surface area contributed by atoms with Gasteiger partial charge in [0.05, 0.1) is 0 Å². The number of aryl methyl sites for hydroxylation is 1. The molecule has 4 heteroatoms. The van der Waals surface area contributed by atoms with Crippen LogP contribution < -0.4 is 0 Å². The number of aromatic nitrogens is 2. The van der Waals surface area contributed by atoms with Crippen molar-refractivity contribution in [2.75, 3.05) is 0 Å². The molecule has 1 aromatic rings. The molecule has 1 heterocycles. The van der Waals surface area contributed by atoms with Gasteiger partial charge in [0.15, 0.2) is 5.82 Å². The first-order chi connectivity index (χ1) is 5.74. The maximum atomic E-state index is 9.08. The van der Waals surface area contributed by atoms with Crippen molar-refractivity contribution in [1.82, 2.24) is 10.1 Å². The zero-order valence-corrected chi connectivity index (χ0v) is 7.45. The van der Waals surface area contributed by atoms with E-state index in [4.69, 9.17) is 9.63 Å². The van der Waals surface area contributed by atoms with Crippen molar-refractivity contribution in [2.45, 2.75) is 39.2 Å². The summed E-state index contributed by atoms with van der Waals surface area (Å²) >= 11 is 0. The van der Waals surface area contributed by atoms with Crippen LogP contribution in [0.4, 0.5) is 0 Å². The second-order valence-corrected chi connectivity index (χ2v) is 2.83. The van der Waals surface area contributed by atoms with Gasteiger partial charge in [0.2, 0.25) is 5.89 Å². The molecule has 1 N–H and O–H groups in total. The molecular weight excluding hydrogens is 156 g/mol. The summed E-state index contributed by atoms with van der Waals surface area (Å²) in [5.74, 6) is 0.994. The summed E-state index contributed by atoms with van der Waals surface area (Å²) in [5.41, 5.74) is 0. The lowest BCUT2D eigenvalue weighted by Crippen LogP contribution is -1.93. The van der Waals surface area contributed by atoms with Gasteiger partial charge < -0.3 is 9.63 Å². The lowest BCUT2D eigenvalue weighted by Gasteiger charge is -1.92. The number of aliphatic hydroxyl groups is 1. The molecule has 1 unspecified atom stereocenters. The molecule has 0 aliphatic heterocycles. The second kappa shape index (κ2) is 4.21. The van der Waals surface area contributed by atoms with Crippen LogP contribution in [-0.4, -0.2) is 15.2 Å². The molecular formula is C8H14N2O2. The molecule has 4 nitrogen and oxygen atoms in total. The molecule has 0 aliphatic carbocycles.